The molecule has 3 aliphatic rings. The van der Waals surface area contributed by atoms with E-state index < -0.39 is 0 Å². The fraction of sp³-hybridized carbons (Fsp3) is 0.406. The molecular formula is C32H34ClFN6O2. The van der Waals surface area contributed by atoms with E-state index in [1.807, 2.05) is 18.2 Å². The van der Waals surface area contributed by atoms with Gasteiger partial charge in [0.15, 0.2) is 0 Å². The largest absolute Gasteiger partial charge is 0.508 e. The standard InChI is InChI=1S/C32H34ClFN6O2/c1-19-11-21-14-35-15-27(34)25(21)16-40(19)31-24-8-10-39(29-13-23(41)12-20-5-3-7-26(33)30(20)29)17-28(24)36-32(37-31)42-18-22-6-4-9-38(22)2/h3,5,7,12-15,19,22,41H,4,6,8-11,16-18H2,1-2H3/t19-,22-/m0/s1. The lowest BCUT2D eigenvalue weighted by Gasteiger charge is -2.39. The van der Waals surface area contributed by atoms with Crippen LogP contribution in [0.3, 0.4) is 0 Å². The number of phenolic OH excluding ortho intramolecular Hbond substituents is 1. The SMILES string of the molecule is C[C@H]1Cc2cncc(F)c2CN1c1nc(OC[C@@H]2CCCN2C)nc2c1CCN(c1cc(O)cc3cccc(Cl)c13)C2. The third kappa shape index (κ3) is 4.88. The highest BCUT2D eigenvalue weighted by Gasteiger charge is 2.33. The van der Waals surface area contributed by atoms with Crippen molar-refractivity contribution in [3.8, 4) is 11.8 Å². The lowest BCUT2D eigenvalue weighted by molar-refractivity contribution is 0.187. The summed E-state index contributed by atoms with van der Waals surface area (Å²) in [6.45, 7) is 5.33. The maximum Gasteiger partial charge on any atom is 0.318 e. The van der Waals surface area contributed by atoms with Crippen molar-refractivity contribution in [2.75, 3.05) is 36.5 Å². The quantitative estimate of drug-likeness (QED) is 0.327. The Morgan fingerprint density at radius 2 is 2.00 bits per heavy atom. The molecule has 5 heterocycles. The van der Waals surface area contributed by atoms with Gasteiger partial charge >= 0.3 is 6.01 Å². The molecule has 42 heavy (non-hydrogen) atoms. The number of pyridine rings is 1. The van der Waals surface area contributed by atoms with E-state index >= 15 is 0 Å². The molecule has 0 aliphatic carbocycles. The average Bonchev–Trinajstić information content (AvgIpc) is 3.39. The molecule has 2 atom stereocenters. The van der Waals surface area contributed by atoms with Gasteiger partial charge in [0.25, 0.3) is 0 Å². The smallest absolute Gasteiger partial charge is 0.318 e. The number of rotatable bonds is 5. The number of aromatic hydroxyl groups is 1. The molecule has 3 aliphatic heterocycles. The van der Waals surface area contributed by atoms with Crippen molar-refractivity contribution in [2.45, 2.75) is 57.8 Å². The number of ether oxygens (including phenoxy) is 1. The molecule has 0 saturated carbocycles. The van der Waals surface area contributed by atoms with Gasteiger partial charge in [-0.15, -0.1) is 0 Å². The third-order valence-electron chi connectivity index (χ3n) is 9.07. The molecule has 4 aromatic rings. The normalized spacial score (nSPS) is 20.6. The first-order valence-corrected chi connectivity index (χ1v) is 15.0. The first kappa shape index (κ1) is 27.2. The number of likely N-dealkylation sites (N-methyl/N-ethyl adjacent to an activating group) is 1. The fourth-order valence-electron chi connectivity index (χ4n) is 6.74. The van der Waals surface area contributed by atoms with E-state index in [2.05, 4.69) is 33.7 Å². The fourth-order valence-corrected chi connectivity index (χ4v) is 7.02. The van der Waals surface area contributed by atoms with Crippen LogP contribution in [0.4, 0.5) is 15.9 Å². The Kier molecular flexibility index (Phi) is 7.02. The van der Waals surface area contributed by atoms with Gasteiger partial charge in [-0.2, -0.15) is 9.97 Å². The minimum atomic E-state index is -0.285. The number of hydrogen-bond acceptors (Lipinski definition) is 8. The number of likely N-dealkylation sites (tertiary alicyclic amines) is 1. The molecule has 0 unspecified atom stereocenters. The predicted octanol–water partition coefficient (Wildman–Crippen LogP) is 5.51. The van der Waals surface area contributed by atoms with Crippen LogP contribution in [0.25, 0.3) is 10.8 Å². The third-order valence-corrected chi connectivity index (χ3v) is 9.39. The van der Waals surface area contributed by atoms with Gasteiger partial charge < -0.3 is 24.5 Å². The van der Waals surface area contributed by atoms with Gasteiger partial charge in [0.2, 0.25) is 0 Å². The summed E-state index contributed by atoms with van der Waals surface area (Å²) < 4.78 is 21.2. The molecule has 8 nitrogen and oxygen atoms in total. The summed E-state index contributed by atoms with van der Waals surface area (Å²) in [6, 6.07) is 10.00. The van der Waals surface area contributed by atoms with Gasteiger partial charge in [-0.05, 0) is 69.3 Å². The number of fused-ring (bicyclic) bond motifs is 3. The minimum absolute atomic E-state index is 0.0979. The lowest BCUT2D eigenvalue weighted by atomic mass is 9.95. The summed E-state index contributed by atoms with van der Waals surface area (Å²) in [4.78, 5) is 20.7. The second-order valence-electron chi connectivity index (χ2n) is 11.8. The highest BCUT2D eigenvalue weighted by atomic mass is 35.5. The number of phenols is 1. The van der Waals surface area contributed by atoms with Crippen LogP contribution >= 0.6 is 11.6 Å². The Balaban J connectivity index is 1.28. The van der Waals surface area contributed by atoms with Crippen molar-refractivity contribution in [3.63, 3.8) is 0 Å². The van der Waals surface area contributed by atoms with E-state index in [1.165, 1.54) is 6.20 Å². The highest BCUT2D eigenvalue weighted by Crippen LogP contribution is 2.40. The number of aromatic nitrogens is 3. The molecule has 218 valence electrons. The van der Waals surface area contributed by atoms with E-state index in [1.54, 1.807) is 18.3 Å². The summed E-state index contributed by atoms with van der Waals surface area (Å²) in [7, 11) is 2.12. The monoisotopic (exact) mass is 588 g/mol. The van der Waals surface area contributed by atoms with Gasteiger partial charge in [0.05, 0.1) is 29.1 Å². The van der Waals surface area contributed by atoms with Crippen LogP contribution in [0.2, 0.25) is 5.02 Å². The zero-order chi connectivity index (χ0) is 29.0. The van der Waals surface area contributed by atoms with Crippen molar-refractivity contribution in [1.29, 1.82) is 0 Å². The number of benzene rings is 2. The van der Waals surface area contributed by atoms with Gasteiger partial charge in [0.1, 0.15) is 24.0 Å². The Bertz CT molecular complexity index is 1670. The van der Waals surface area contributed by atoms with Crippen molar-refractivity contribution in [1.82, 2.24) is 19.9 Å². The summed E-state index contributed by atoms with van der Waals surface area (Å²) in [5.74, 6) is 0.713. The van der Waals surface area contributed by atoms with E-state index in [0.717, 1.165) is 58.5 Å². The molecule has 2 aromatic carbocycles. The van der Waals surface area contributed by atoms with Crippen LogP contribution in [0.5, 0.6) is 11.8 Å². The van der Waals surface area contributed by atoms with Crippen LogP contribution in [0.15, 0.2) is 42.7 Å². The van der Waals surface area contributed by atoms with Gasteiger partial charge in [-0.3, -0.25) is 4.98 Å². The molecule has 7 rings (SSSR count). The van der Waals surface area contributed by atoms with E-state index in [-0.39, 0.29) is 17.6 Å². The first-order valence-electron chi connectivity index (χ1n) is 14.6. The highest BCUT2D eigenvalue weighted by molar-refractivity contribution is 6.36. The first-order chi connectivity index (χ1) is 20.4. The molecular weight excluding hydrogens is 555 g/mol. The molecule has 2 aromatic heterocycles. The van der Waals surface area contributed by atoms with Gasteiger partial charge in [-0.1, -0.05) is 23.7 Å². The van der Waals surface area contributed by atoms with Crippen LogP contribution in [-0.4, -0.2) is 63.8 Å². The average molecular weight is 589 g/mol. The maximum absolute atomic E-state index is 14.9. The van der Waals surface area contributed by atoms with Crippen LogP contribution < -0.4 is 14.5 Å². The summed E-state index contributed by atoms with van der Waals surface area (Å²) >= 11 is 6.67. The summed E-state index contributed by atoms with van der Waals surface area (Å²) in [5, 5.41) is 13.0. The second kappa shape index (κ2) is 10.9. The van der Waals surface area contributed by atoms with Crippen molar-refractivity contribution < 1.29 is 14.2 Å². The predicted molar refractivity (Wildman–Crippen MR) is 162 cm³/mol. The molecule has 0 radical (unpaired) electrons. The Hall–Kier alpha value is -3.69. The molecule has 0 bridgehead atoms. The van der Waals surface area contributed by atoms with Gasteiger partial charge in [-0.25, -0.2) is 4.39 Å². The Labute approximate surface area is 249 Å². The van der Waals surface area contributed by atoms with Crippen molar-refractivity contribution >= 4 is 33.9 Å². The van der Waals surface area contributed by atoms with E-state index in [9.17, 15) is 9.50 Å². The molecule has 1 saturated heterocycles. The second-order valence-corrected chi connectivity index (χ2v) is 12.2. The van der Waals surface area contributed by atoms with E-state index in [0.29, 0.717) is 61.7 Å². The Morgan fingerprint density at radius 1 is 1.12 bits per heavy atom. The molecule has 1 N–H and O–H groups in total. The number of nitrogens with zero attached hydrogens (tertiary/aromatic N) is 6. The molecule has 0 spiro atoms. The summed E-state index contributed by atoms with van der Waals surface area (Å²) in [5.41, 5.74) is 4.41. The topological polar surface area (TPSA) is 77.9 Å². The van der Waals surface area contributed by atoms with E-state index in [4.69, 9.17) is 26.3 Å². The molecule has 1 fully saturated rings. The zero-order valence-corrected chi connectivity index (χ0v) is 24.6. The van der Waals surface area contributed by atoms with Crippen molar-refractivity contribution in [3.05, 3.63) is 75.9 Å². The number of halogens is 2. The Morgan fingerprint density at radius 3 is 2.83 bits per heavy atom. The van der Waals surface area contributed by atoms with Crippen molar-refractivity contribution in [2.24, 2.45) is 0 Å². The zero-order valence-electron chi connectivity index (χ0n) is 23.9. The minimum Gasteiger partial charge on any atom is -0.508 e. The number of hydrogen-bond donors (Lipinski definition) is 1. The maximum atomic E-state index is 14.9. The van der Waals surface area contributed by atoms with Crippen LogP contribution in [-0.2, 0) is 25.9 Å². The lowest BCUT2D eigenvalue weighted by Crippen LogP contribution is -2.41. The molecule has 10 heteroatoms. The van der Waals surface area contributed by atoms with Crippen LogP contribution in [0.1, 0.15) is 42.1 Å². The number of anilines is 2. The van der Waals surface area contributed by atoms with Crippen LogP contribution in [0, 0.1) is 5.82 Å². The summed E-state index contributed by atoms with van der Waals surface area (Å²) in [6.07, 6.45) is 6.67. The molecule has 0 amide bonds. The van der Waals surface area contributed by atoms with Gasteiger partial charge in [0, 0.05) is 53.9 Å².